The molecule has 0 heterocycles. The van der Waals surface area contributed by atoms with Crippen LogP contribution in [0.25, 0.3) is 0 Å². The Labute approximate surface area is 232 Å². The van der Waals surface area contributed by atoms with E-state index in [-0.39, 0.29) is 28.6 Å². The summed E-state index contributed by atoms with van der Waals surface area (Å²) in [6, 6.07) is 26.3. The van der Waals surface area contributed by atoms with Crippen LogP contribution in [0, 0.1) is 0 Å². The van der Waals surface area contributed by atoms with Crippen LogP contribution in [0.1, 0.15) is 11.1 Å². The molecule has 4 rings (SSSR count). The van der Waals surface area contributed by atoms with E-state index in [0.717, 1.165) is 0 Å². The number of para-hydroxylation sites is 4. The number of carbonyl (C=O) groups is 1. The Hall–Kier alpha value is -4.55. The van der Waals surface area contributed by atoms with Crippen molar-refractivity contribution in [2.75, 3.05) is 17.7 Å². The molecule has 2 amide bonds. The Morgan fingerprint density at radius 3 is 1.50 bits per heavy atom. The van der Waals surface area contributed by atoms with Crippen LogP contribution in [-0.4, -0.2) is 30.0 Å². The molecule has 0 radical (unpaired) electrons. The van der Waals surface area contributed by atoms with Crippen molar-refractivity contribution in [1.29, 1.82) is 0 Å². The SMILES string of the molecule is COc1ccc(CS(=O)(=O)Oc2ccccc2NC(=O)Nc2ccccc2OS(=O)(=O)Cc2ccccc2)cc1. The van der Waals surface area contributed by atoms with Crippen molar-refractivity contribution in [2.45, 2.75) is 11.5 Å². The van der Waals surface area contributed by atoms with E-state index in [4.69, 9.17) is 13.1 Å². The number of rotatable bonds is 11. The predicted molar refractivity (Wildman–Crippen MR) is 151 cm³/mol. The molecule has 0 unspecified atom stereocenters. The van der Waals surface area contributed by atoms with Crippen molar-refractivity contribution in [1.82, 2.24) is 0 Å². The average molecular weight is 583 g/mol. The van der Waals surface area contributed by atoms with E-state index in [9.17, 15) is 21.6 Å². The maximum absolute atomic E-state index is 12.8. The van der Waals surface area contributed by atoms with E-state index in [2.05, 4.69) is 10.6 Å². The first kappa shape index (κ1) is 28.5. The molecule has 12 heteroatoms. The Bertz CT molecular complexity index is 1680. The number of benzene rings is 4. The molecule has 0 spiro atoms. The van der Waals surface area contributed by atoms with Crippen molar-refractivity contribution < 1.29 is 34.7 Å². The average Bonchev–Trinajstić information content (AvgIpc) is 2.91. The fourth-order valence-electron chi connectivity index (χ4n) is 3.60. The summed E-state index contributed by atoms with van der Waals surface area (Å²) in [5.74, 6) is -0.353. The zero-order chi connectivity index (χ0) is 28.6. The molecule has 0 fully saturated rings. The molecule has 208 valence electrons. The van der Waals surface area contributed by atoms with Crippen molar-refractivity contribution in [3.05, 3.63) is 114 Å². The van der Waals surface area contributed by atoms with Crippen molar-refractivity contribution in [3.63, 3.8) is 0 Å². The number of methoxy groups -OCH3 is 1. The second-order valence-electron chi connectivity index (χ2n) is 8.48. The highest BCUT2D eigenvalue weighted by molar-refractivity contribution is 7.86. The highest BCUT2D eigenvalue weighted by Gasteiger charge is 2.20. The Kier molecular flexibility index (Phi) is 8.92. The zero-order valence-electron chi connectivity index (χ0n) is 21.3. The summed E-state index contributed by atoms with van der Waals surface area (Å²) in [4.78, 5) is 12.8. The summed E-state index contributed by atoms with van der Waals surface area (Å²) in [6.07, 6.45) is 0. The molecule has 0 aliphatic carbocycles. The minimum absolute atomic E-state index is 0.0772. The molecular weight excluding hydrogens is 556 g/mol. The van der Waals surface area contributed by atoms with Crippen LogP contribution in [0.2, 0.25) is 0 Å². The third-order valence-corrected chi connectivity index (χ3v) is 7.63. The van der Waals surface area contributed by atoms with Crippen LogP contribution < -0.4 is 23.7 Å². The molecule has 0 aromatic heterocycles. The van der Waals surface area contributed by atoms with E-state index in [1.54, 1.807) is 78.9 Å². The topological polar surface area (TPSA) is 137 Å². The first-order valence-electron chi connectivity index (χ1n) is 11.9. The number of urea groups is 1. The summed E-state index contributed by atoms with van der Waals surface area (Å²) in [5, 5.41) is 5.06. The fraction of sp³-hybridized carbons (Fsp3) is 0.107. The number of hydrogen-bond donors (Lipinski definition) is 2. The van der Waals surface area contributed by atoms with Crippen LogP contribution in [0.3, 0.4) is 0 Å². The predicted octanol–water partition coefficient (Wildman–Crippen LogP) is 5.16. The number of nitrogens with one attached hydrogen (secondary N) is 2. The van der Waals surface area contributed by atoms with Gasteiger partial charge in [0.15, 0.2) is 11.5 Å². The van der Waals surface area contributed by atoms with Gasteiger partial charge in [-0.15, -0.1) is 0 Å². The molecule has 4 aromatic carbocycles. The van der Waals surface area contributed by atoms with E-state index in [1.165, 1.54) is 31.4 Å². The molecule has 4 aromatic rings. The molecule has 0 aliphatic rings. The van der Waals surface area contributed by atoms with E-state index in [1.807, 2.05) is 0 Å². The van der Waals surface area contributed by atoms with Gasteiger partial charge < -0.3 is 23.7 Å². The van der Waals surface area contributed by atoms with Crippen LogP contribution in [0.4, 0.5) is 16.2 Å². The van der Waals surface area contributed by atoms with Gasteiger partial charge in [0, 0.05) is 0 Å². The van der Waals surface area contributed by atoms with E-state index >= 15 is 0 Å². The van der Waals surface area contributed by atoms with Crippen LogP contribution in [-0.2, 0) is 31.7 Å². The minimum atomic E-state index is -4.08. The third-order valence-electron chi connectivity index (χ3n) is 5.39. The second-order valence-corrected chi connectivity index (χ2v) is 11.6. The minimum Gasteiger partial charge on any atom is -0.497 e. The second kappa shape index (κ2) is 12.5. The molecule has 0 aliphatic heterocycles. The first-order chi connectivity index (χ1) is 19.1. The lowest BCUT2D eigenvalue weighted by Crippen LogP contribution is -2.22. The van der Waals surface area contributed by atoms with Gasteiger partial charge in [-0.05, 0) is 47.5 Å². The Morgan fingerprint density at radius 2 is 1.02 bits per heavy atom. The number of hydrogen-bond acceptors (Lipinski definition) is 8. The first-order valence-corrected chi connectivity index (χ1v) is 15.1. The van der Waals surface area contributed by atoms with E-state index in [0.29, 0.717) is 16.9 Å². The Morgan fingerprint density at radius 1 is 0.600 bits per heavy atom. The van der Waals surface area contributed by atoms with Crippen molar-refractivity contribution >= 4 is 37.6 Å². The fourth-order valence-corrected chi connectivity index (χ4v) is 5.75. The van der Waals surface area contributed by atoms with Gasteiger partial charge in [0.1, 0.15) is 17.3 Å². The lowest BCUT2D eigenvalue weighted by Gasteiger charge is -2.15. The van der Waals surface area contributed by atoms with Gasteiger partial charge in [0.2, 0.25) is 0 Å². The maximum atomic E-state index is 12.8. The van der Waals surface area contributed by atoms with Gasteiger partial charge in [-0.1, -0.05) is 66.7 Å². The number of ether oxygens (including phenoxy) is 1. The smallest absolute Gasteiger partial charge is 0.323 e. The maximum Gasteiger partial charge on any atom is 0.323 e. The molecule has 0 saturated heterocycles. The molecule has 0 atom stereocenters. The summed E-state index contributed by atoms with van der Waals surface area (Å²) in [5.41, 5.74) is 1.20. The van der Waals surface area contributed by atoms with Crippen molar-refractivity contribution in [2.24, 2.45) is 0 Å². The lowest BCUT2D eigenvalue weighted by atomic mass is 10.2. The standard InChI is InChI=1S/C28H26N2O8S2/c1-36-23-17-15-22(16-18-23)20-40(34,35)38-27-14-8-6-12-25(27)30-28(31)29-24-11-5-7-13-26(24)37-39(32,33)19-21-9-3-2-4-10-21/h2-18H,19-20H2,1H3,(H2,29,30,31). The molecule has 2 N–H and O–H groups in total. The summed E-state index contributed by atoms with van der Waals surface area (Å²) < 4.78 is 66.3. The number of carbonyl (C=O) groups excluding carboxylic acids is 1. The number of amides is 2. The lowest BCUT2D eigenvalue weighted by molar-refractivity contribution is 0.262. The van der Waals surface area contributed by atoms with Gasteiger partial charge in [-0.3, -0.25) is 0 Å². The van der Waals surface area contributed by atoms with Gasteiger partial charge in [-0.2, -0.15) is 16.8 Å². The zero-order valence-corrected chi connectivity index (χ0v) is 22.9. The van der Waals surface area contributed by atoms with Crippen LogP contribution in [0.15, 0.2) is 103 Å². The normalized spacial score (nSPS) is 11.3. The monoisotopic (exact) mass is 582 g/mol. The van der Waals surface area contributed by atoms with Crippen molar-refractivity contribution in [3.8, 4) is 17.2 Å². The highest BCUT2D eigenvalue weighted by Crippen LogP contribution is 2.29. The molecule has 0 bridgehead atoms. The molecule has 0 saturated carbocycles. The summed E-state index contributed by atoms with van der Waals surface area (Å²) >= 11 is 0. The van der Waals surface area contributed by atoms with Gasteiger partial charge in [0.25, 0.3) is 0 Å². The quantitative estimate of drug-likeness (QED) is 0.232. The highest BCUT2D eigenvalue weighted by atomic mass is 32.2. The van der Waals surface area contributed by atoms with Crippen LogP contribution in [0.5, 0.6) is 17.2 Å². The van der Waals surface area contributed by atoms with Gasteiger partial charge >= 0.3 is 26.3 Å². The number of anilines is 2. The Balaban J connectivity index is 1.44. The largest absolute Gasteiger partial charge is 0.497 e. The molecular formula is C28H26N2O8S2. The van der Waals surface area contributed by atoms with Gasteiger partial charge in [0.05, 0.1) is 18.5 Å². The summed E-state index contributed by atoms with van der Waals surface area (Å²) in [7, 11) is -6.60. The van der Waals surface area contributed by atoms with Crippen LogP contribution >= 0.6 is 0 Å². The molecule has 10 nitrogen and oxygen atoms in total. The third kappa shape index (κ3) is 8.22. The van der Waals surface area contributed by atoms with E-state index < -0.39 is 32.0 Å². The molecule has 40 heavy (non-hydrogen) atoms. The van der Waals surface area contributed by atoms with Gasteiger partial charge in [-0.25, -0.2) is 4.79 Å². The summed E-state index contributed by atoms with van der Waals surface area (Å²) in [6.45, 7) is 0.